The van der Waals surface area contributed by atoms with Gasteiger partial charge in [-0.05, 0) is 15.9 Å². The lowest BCUT2D eigenvalue weighted by atomic mass is 10.0. The molecule has 0 saturated carbocycles. The lowest BCUT2D eigenvalue weighted by Crippen LogP contribution is -2.43. The van der Waals surface area contributed by atoms with Gasteiger partial charge in [0.15, 0.2) is 4.60 Å². The number of carbonyl (C=O) groups excluding carboxylic acids is 1. The lowest BCUT2D eigenvalue weighted by molar-refractivity contribution is -0.124. The van der Waals surface area contributed by atoms with Crippen LogP contribution in [0.2, 0.25) is 0 Å². The Morgan fingerprint density at radius 1 is 1.44 bits per heavy atom. The smallest absolute Gasteiger partial charge is 0.263 e. The van der Waals surface area contributed by atoms with Crippen molar-refractivity contribution in [3.8, 4) is 0 Å². The number of sulfonamides is 1. The molecule has 18 heavy (non-hydrogen) atoms. The Labute approximate surface area is 113 Å². The van der Waals surface area contributed by atoms with Crippen LogP contribution in [-0.2, 0) is 21.9 Å². The molecule has 0 N–H and O–H groups in total. The Morgan fingerprint density at radius 2 is 2.11 bits per heavy atom. The maximum absolute atomic E-state index is 12.4. The molecule has 0 amide bonds. The SMILES string of the molecule is CC1CN(S(=O)(=O)c2c(Br)nnn2C)CCC1=O. The Bertz CT molecular complexity index is 563. The van der Waals surface area contributed by atoms with Crippen LogP contribution in [0, 0.1) is 5.92 Å². The first-order chi connectivity index (χ1) is 8.34. The number of halogens is 1. The minimum atomic E-state index is -3.66. The lowest BCUT2D eigenvalue weighted by Gasteiger charge is -2.28. The number of hydrogen-bond acceptors (Lipinski definition) is 5. The van der Waals surface area contributed by atoms with Crippen molar-refractivity contribution in [3.63, 3.8) is 0 Å². The van der Waals surface area contributed by atoms with Gasteiger partial charge in [0, 0.05) is 32.5 Å². The van der Waals surface area contributed by atoms with Crippen molar-refractivity contribution >= 4 is 31.7 Å². The van der Waals surface area contributed by atoms with Gasteiger partial charge in [-0.25, -0.2) is 13.1 Å². The predicted octanol–water partition coefficient (Wildman–Crippen LogP) is 0.177. The highest BCUT2D eigenvalue weighted by Crippen LogP contribution is 2.25. The summed E-state index contributed by atoms with van der Waals surface area (Å²) in [5, 5.41) is 7.34. The van der Waals surface area contributed by atoms with E-state index in [-0.39, 0.29) is 40.8 Å². The van der Waals surface area contributed by atoms with E-state index >= 15 is 0 Å². The molecule has 2 rings (SSSR count). The van der Waals surface area contributed by atoms with Crippen LogP contribution in [0.15, 0.2) is 9.63 Å². The zero-order valence-electron chi connectivity index (χ0n) is 10.00. The molecular formula is C9H13BrN4O3S. The predicted molar refractivity (Wildman–Crippen MR) is 66.2 cm³/mol. The fourth-order valence-corrected chi connectivity index (χ4v) is 4.48. The van der Waals surface area contributed by atoms with Gasteiger partial charge in [0.05, 0.1) is 0 Å². The average molecular weight is 337 g/mol. The molecule has 1 atom stereocenters. The number of ketones is 1. The van der Waals surface area contributed by atoms with Crippen molar-refractivity contribution in [2.24, 2.45) is 13.0 Å². The second-order valence-corrected chi connectivity index (χ2v) is 6.89. The molecule has 1 saturated heterocycles. The Kier molecular flexibility index (Phi) is 3.56. The molecule has 1 aromatic heterocycles. The van der Waals surface area contributed by atoms with Crippen LogP contribution in [0.3, 0.4) is 0 Å². The second-order valence-electron chi connectivity index (χ2n) is 4.29. The van der Waals surface area contributed by atoms with E-state index in [9.17, 15) is 13.2 Å². The number of hydrogen-bond donors (Lipinski definition) is 0. The average Bonchev–Trinajstić information content (AvgIpc) is 2.62. The Balaban J connectivity index is 2.36. The summed E-state index contributed by atoms with van der Waals surface area (Å²) < 4.78 is 27.6. The molecule has 1 aliphatic heterocycles. The van der Waals surface area contributed by atoms with Crippen molar-refractivity contribution in [2.75, 3.05) is 13.1 Å². The molecular weight excluding hydrogens is 324 g/mol. The maximum Gasteiger partial charge on any atom is 0.263 e. The summed E-state index contributed by atoms with van der Waals surface area (Å²) in [6, 6.07) is 0. The molecule has 2 heterocycles. The van der Waals surface area contributed by atoms with E-state index < -0.39 is 10.0 Å². The van der Waals surface area contributed by atoms with E-state index in [0.717, 1.165) is 0 Å². The fraction of sp³-hybridized carbons (Fsp3) is 0.667. The fourth-order valence-electron chi connectivity index (χ4n) is 1.92. The number of aromatic nitrogens is 3. The molecule has 1 aliphatic rings. The number of aryl methyl sites for hydroxylation is 1. The van der Waals surface area contributed by atoms with Crippen molar-refractivity contribution in [3.05, 3.63) is 4.60 Å². The number of piperidine rings is 1. The van der Waals surface area contributed by atoms with Gasteiger partial charge in [-0.15, -0.1) is 5.10 Å². The molecule has 0 radical (unpaired) electrons. The first-order valence-corrected chi connectivity index (χ1v) is 7.65. The third-order valence-electron chi connectivity index (χ3n) is 2.96. The van der Waals surface area contributed by atoms with Gasteiger partial charge in [0.25, 0.3) is 10.0 Å². The monoisotopic (exact) mass is 336 g/mol. The summed E-state index contributed by atoms with van der Waals surface area (Å²) in [5.41, 5.74) is 0. The highest BCUT2D eigenvalue weighted by Gasteiger charge is 2.35. The summed E-state index contributed by atoms with van der Waals surface area (Å²) in [6.07, 6.45) is 0.253. The number of carbonyl (C=O) groups is 1. The zero-order valence-corrected chi connectivity index (χ0v) is 12.4. The van der Waals surface area contributed by atoms with Gasteiger partial charge < -0.3 is 0 Å². The van der Waals surface area contributed by atoms with Gasteiger partial charge in [-0.1, -0.05) is 12.1 Å². The van der Waals surface area contributed by atoms with Crippen molar-refractivity contribution in [2.45, 2.75) is 18.4 Å². The van der Waals surface area contributed by atoms with Gasteiger partial charge >= 0.3 is 0 Å². The van der Waals surface area contributed by atoms with E-state index in [2.05, 4.69) is 26.2 Å². The minimum Gasteiger partial charge on any atom is -0.299 e. The van der Waals surface area contributed by atoms with Gasteiger partial charge in [0.2, 0.25) is 5.03 Å². The third kappa shape index (κ3) is 2.21. The largest absolute Gasteiger partial charge is 0.299 e. The molecule has 100 valence electrons. The summed E-state index contributed by atoms with van der Waals surface area (Å²) in [7, 11) is -2.15. The minimum absolute atomic E-state index is 0.0176. The highest BCUT2D eigenvalue weighted by atomic mass is 79.9. The van der Waals surface area contributed by atoms with E-state index in [0.29, 0.717) is 0 Å². The van der Waals surface area contributed by atoms with Crippen molar-refractivity contribution in [1.82, 2.24) is 19.3 Å². The van der Waals surface area contributed by atoms with Gasteiger partial charge in [-0.2, -0.15) is 4.31 Å². The second kappa shape index (κ2) is 4.71. The standard InChI is InChI=1S/C9H13BrN4O3S/c1-6-5-14(4-3-7(6)15)18(16,17)9-8(10)11-12-13(9)2/h6H,3-5H2,1-2H3. The normalized spacial score (nSPS) is 22.4. The van der Waals surface area contributed by atoms with Crippen LogP contribution in [0.25, 0.3) is 0 Å². The molecule has 1 unspecified atom stereocenters. The first-order valence-electron chi connectivity index (χ1n) is 5.42. The zero-order chi connectivity index (χ0) is 13.5. The number of Topliss-reactive ketones (excluding diaryl/α,β-unsaturated/α-hetero) is 1. The highest BCUT2D eigenvalue weighted by molar-refractivity contribution is 9.10. The summed E-state index contributed by atoms with van der Waals surface area (Å²) in [6.45, 7) is 2.16. The van der Waals surface area contributed by atoms with E-state index in [4.69, 9.17) is 0 Å². The molecule has 0 spiro atoms. The van der Waals surface area contributed by atoms with Crippen LogP contribution < -0.4 is 0 Å². The molecule has 0 aromatic carbocycles. The number of nitrogens with zero attached hydrogens (tertiary/aromatic N) is 4. The van der Waals surface area contributed by atoms with Gasteiger partial charge in [-0.3, -0.25) is 4.79 Å². The molecule has 7 nitrogen and oxygen atoms in total. The van der Waals surface area contributed by atoms with Crippen LogP contribution in [-0.4, -0.2) is 46.6 Å². The Hall–Kier alpha value is -0.800. The summed E-state index contributed by atoms with van der Waals surface area (Å²) in [5.74, 6) is -0.169. The van der Waals surface area contributed by atoms with E-state index in [1.165, 1.54) is 16.0 Å². The maximum atomic E-state index is 12.4. The summed E-state index contributed by atoms with van der Waals surface area (Å²) >= 11 is 3.08. The molecule has 0 aliphatic carbocycles. The topological polar surface area (TPSA) is 85.2 Å². The first kappa shape index (κ1) is 13.6. The third-order valence-corrected chi connectivity index (χ3v) is 5.71. The van der Waals surface area contributed by atoms with Crippen LogP contribution in [0.4, 0.5) is 0 Å². The van der Waals surface area contributed by atoms with E-state index in [1.807, 2.05) is 0 Å². The van der Waals surface area contributed by atoms with Crippen LogP contribution >= 0.6 is 15.9 Å². The molecule has 9 heteroatoms. The molecule has 1 fully saturated rings. The van der Waals surface area contributed by atoms with E-state index in [1.54, 1.807) is 6.92 Å². The summed E-state index contributed by atoms with van der Waals surface area (Å²) in [4.78, 5) is 11.4. The molecule has 0 bridgehead atoms. The van der Waals surface area contributed by atoms with Gasteiger partial charge in [0.1, 0.15) is 5.78 Å². The van der Waals surface area contributed by atoms with Crippen molar-refractivity contribution in [1.29, 1.82) is 0 Å². The Morgan fingerprint density at radius 3 is 2.61 bits per heavy atom. The number of rotatable bonds is 2. The molecule has 1 aromatic rings. The van der Waals surface area contributed by atoms with Crippen LogP contribution in [0.1, 0.15) is 13.3 Å². The van der Waals surface area contributed by atoms with Crippen LogP contribution in [0.5, 0.6) is 0 Å². The quantitative estimate of drug-likeness (QED) is 0.768. The van der Waals surface area contributed by atoms with Crippen molar-refractivity contribution < 1.29 is 13.2 Å².